The molecule has 3 atom stereocenters. The maximum atomic E-state index is 13.2. The Morgan fingerprint density at radius 2 is 0.885 bits per heavy atom. The van der Waals surface area contributed by atoms with E-state index in [4.69, 9.17) is 4.74 Å². The Bertz CT molecular complexity index is 1140. The normalized spacial score (nSPS) is 13.9. The molecule has 0 aliphatic rings. The van der Waals surface area contributed by atoms with E-state index in [9.17, 15) is 19.8 Å². The molecule has 6 heteroatoms. The molecule has 0 aromatic rings. The molecule has 0 heterocycles. The van der Waals surface area contributed by atoms with E-state index in [2.05, 4.69) is 44.3 Å². The fraction of sp³-hybridized carbons (Fsp3) is 0.745. The van der Waals surface area contributed by atoms with Gasteiger partial charge in [-0.1, -0.05) is 254 Å². The maximum absolute atomic E-state index is 13.2. The highest BCUT2D eigenvalue weighted by Gasteiger charge is 2.24. The summed E-state index contributed by atoms with van der Waals surface area (Å²) in [6.45, 7) is 6.31. The van der Waals surface area contributed by atoms with E-state index in [0.29, 0.717) is 19.3 Å². The van der Waals surface area contributed by atoms with E-state index in [1.165, 1.54) is 122 Å². The molecule has 0 fully saturated rings. The predicted molar refractivity (Wildman–Crippen MR) is 264 cm³/mol. The van der Waals surface area contributed by atoms with E-state index >= 15 is 0 Å². The third kappa shape index (κ3) is 43.7. The second-order valence-electron chi connectivity index (χ2n) is 17.4. The highest BCUT2D eigenvalue weighted by molar-refractivity contribution is 5.77. The Morgan fingerprint density at radius 3 is 1.33 bits per heavy atom. The van der Waals surface area contributed by atoms with Gasteiger partial charge in [-0.2, -0.15) is 0 Å². The standard InChI is InChI=1S/C55H97NO5/c1-4-7-10-13-16-19-21-23-25-27-29-31-33-35-38-41-44-47-53(58)52(50-57)56-54(59)49-51(46-43-40-37-18-15-12-9-6-3)61-55(60)48-45-42-39-36-34-32-30-28-26-24-22-20-17-14-11-8-5-2/h8,11,14,17,20,22,24,26,28,30,32,34,51-53,57-58H,4-7,9-10,12-13,15-16,18-19,21,23,25,27,29,31,33,35-50H2,1-3H3,(H,56,59)/b11-8-,17-14+,22-20+,26-24-,30-28+,34-32+. The number of amides is 1. The lowest BCUT2D eigenvalue weighted by Crippen LogP contribution is -2.46. The number of allylic oxidation sites excluding steroid dienone is 12. The van der Waals surface area contributed by atoms with Gasteiger partial charge in [0.15, 0.2) is 0 Å². The molecule has 6 nitrogen and oxygen atoms in total. The third-order valence-corrected chi connectivity index (χ3v) is 11.5. The molecule has 0 saturated carbocycles. The minimum atomic E-state index is -0.796. The highest BCUT2D eigenvalue weighted by atomic mass is 16.5. The molecule has 0 aliphatic carbocycles. The first kappa shape index (κ1) is 58.3. The molecule has 352 valence electrons. The van der Waals surface area contributed by atoms with Crippen LogP contribution in [0, 0.1) is 0 Å². The van der Waals surface area contributed by atoms with Gasteiger partial charge in [-0.05, 0) is 44.9 Å². The van der Waals surface area contributed by atoms with Crippen LogP contribution in [0.4, 0.5) is 0 Å². The lowest BCUT2D eigenvalue weighted by atomic mass is 10.0. The van der Waals surface area contributed by atoms with Gasteiger partial charge in [-0.3, -0.25) is 9.59 Å². The molecule has 3 unspecified atom stereocenters. The van der Waals surface area contributed by atoms with Crippen molar-refractivity contribution in [3.8, 4) is 0 Å². The number of rotatable bonds is 45. The van der Waals surface area contributed by atoms with Crippen molar-refractivity contribution in [1.82, 2.24) is 5.32 Å². The lowest BCUT2D eigenvalue weighted by Gasteiger charge is -2.24. The molecule has 0 aliphatic heterocycles. The van der Waals surface area contributed by atoms with Gasteiger partial charge in [0.25, 0.3) is 0 Å². The van der Waals surface area contributed by atoms with Crippen LogP contribution in [0.1, 0.15) is 239 Å². The van der Waals surface area contributed by atoms with Crippen LogP contribution in [0.2, 0.25) is 0 Å². The monoisotopic (exact) mass is 852 g/mol. The summed E-state index contributed by atoms with van der Waals surface area (Å²) in [4.78, 5) is 26.0. The average molecular weight is 852 g/mol. The van der Waals surface area contributed by atoms with Gasteiger partial charge in [0.05, 0.1) is 25.2 Å². The van der Waals surface area contributed by atoms with Crippen molar-refractivity contribution in [2.24, 2.45) is 0 Å². The van der Waals surface area contributed by atoms with E-state index in [1.807, 2.05) is 54.7 Å². The first-order valence-corrected chi connectivity index (χ1v) is 25.7. The van der Waals surface area contributed by atoms with Crippen LogP contribution in [-0.2, 0) is 14.3 Å². The van der Waals surface area contributed by atoms with Crippen molar-refractivity contribution < 1.29 is 24.5 Å². The second-order valence-corrected chi connectivity index (χ2v) is 17.4. The second kappa shape index (κ2) is 48.3. The molecule has 0 saturated heterocycles. The number of hydrogen-bond donors (Lipinski definition) is 3. The largest absolute Gasteiger partial charge is 0.462 e. The molecular weight excluding hydrogens is 755 g/mol. The summed E-state index contributed by atoms with van der Waals surface area (Å²) in [5.74, 6) is -0.527. The maximum Gasteiger partial charge on any atom is 0.306 e. The molecule has 61 heavy (non-hydrogen) atoms. The van der Waals surface area contributed by atoms with E-state index < -0.39 is 18.2 Å². The molecule has 0 radical (unpaired) electrons. The van der Waals surface area contributed by atoms with Gasteiger partial charge in [0.2, 0.25) is 5.91 Å². The van der Waals surface area contributed by atoms with Crippen molar-refractivity contribution in [2.75, 3.05) is 6.61 Å². The van der Waals surface area contributed by atoms with Crippen LogP contribution in [0.25, 0.3) is 0 Å². The molecule has 0 bridgehead atoms. The van der Waals surface area contributed by atoms with Gasteiger partial charge in [0, 0.05) is 6.42 Å². The summed E-state index contributed by atoms with van der Waals surface area (Å²) in [6.07, 6.45) is 61.1. The lowest BCUT2D eigenvalue weighted by molar-refractivity contribution is -0.151. The zero-order valence-electron chi connectivity index (χ0n) is 40.0. The van der Waals surface area contributed by atoms with Crippen LogP contribution in [0.5, 0.6) is 0 Å². The summed E-state index contributed by atoms with van der Waals surface area (Å²) < 4.78 is 5.89. The quantitative estimate of drug-likeness (QED) is 0.0322. The fourth-order valence-corrected chi connectivity index (χ4v) is 7.58. The predicted octanol–water partition coefficient (Wildman–Crippen LogP) is 15.4. The van der Waals surface area contributed by atoms with Crippen LogP contribution in [0.3, 0.4) is 0 Å². The van der Waals surface area contributed by atoms with Gasteiger partial charge < -0.3 is 20.3 Å². The van der Waals surface area contributed by atoms with Crippen molar-refractivity contribution in [3.63, 3.8) is 0 Å². The average Bonchev–Trinajstić information content (AvgIpc) is 3.25. The first-order chi connectivity index (χ1) is 30.0. The molecule has 0 aromatic carbocycles. The van der Waals surface area contributed by atoms with Crippen LogP contribution in [0.15, 0.2) is 72.9 Å². The molecule has 0 rings (SSSR count). The van der Waals surface area contributed by atoms with Crippen molar-refractivity contribution in [2.45, 2.75) is 257 Å². The zero-order valence-corrected chi connectivity index (χ0v) is 40.0. The Hall–Kier alpha value is -2.70. The summed E-state index contributed by atoms with van der Waals surface area (Å²) in [5, 5.41) is 23.7. The number of nitrogens with one attached hydrogen (secondary N) is 1. The summed E-state index contributed by atoms with van der Waals surface area (Å²) in [7, 11) is 0. The van der Waals surface area contributed by atoms with Gasteiger partial charge in [-0.25, -0.2) is 0 Å². The van der Waals surface area contributed by atoms with Crippen LogP contribution < -0.4 is 5.32 Å². The zero-order chi connectivity index (χ0) is 44.5. The third-order valence-electron chi connectivity index (χ3n) is 11.5. The molecule has 3 N–H and O–H groups in total. The molecule has 0 spiro atoms. The number of carbonyl (C=O) groups is 2. The number of aliphatic hydroxyl groups excluding tert-OH is 2. The summed E-state index contributed by atoms with van der Waals surface area (Å²) >= 11 is 0. The minimum absolute atomic E-state index is 0.0576. The topological polar surface area (TPSA) is 95.9 Å². The SMILES string of the molecule is CC\C=C/C=C/C=C/C=C\C=C\C=C\CCCCCC(=O)OC(CCCCCCCCCC)CC(=O)NC(CO)C(O)CCCCCCCCCCCCCCCCCCC. The number of unbranched alkanes of at least 4 members (excludes halogenated alkanes) is 26. The number of ether oxygens (including phenoxy) is 1. The van der Waals surface area contributed by atoms with E-state index in [0.717, 1.165) is 70.6 Å². The van der Waals surface area contributed by atoms with Crippen LogP contribution in [-0.4, -0.2) is 46.9 Å². The highest BCUT2D eigenvalue weighted by Crippen LogP contribution is 2.18. The van der Waals surface area contributed by atoms with Gasteiger partial charge in [-0.15, -0.1) is 0 Å². The fourth-order valence-electron chi connectivity index (χ4n) is 7.58. The first-order valence-electron chi connectivity index (χ1n) is 25.7. The summed E-state index contributed by atoms with van der Waals surface area (Å²) in [5.41, 5.74) is 0. The number of esters is 1. The van der Waals surface area contributed by atoms with Crippen LogP contribution >= 0.6 is 0 Å². The Labute approximate surface area is 377 Å². The Balaban J connectivity index is 4.48. The number of aliphatic hydroxyl groups is 2. The van der Waals surface area contributed by atoms with Crippen molar-refractivity contribution in [1.29, 1.82) is 0 Å². The number of hydrogen-bond acceptors (Lipinski definition) is 5. The molecular formula is C55H97NO5. The summed E-state index contributed by atoms with van der Waals surface area (Å²) in [6, 6.07) is -0.711. The van der Waals surface area contributed by atoms with Gasteiger partial charge >= 0.3 is 5.97 Å². The minimum Gasteiger partial charge on any atom is -0.462 e. The smallest absolute Gasteiger partial charge is 0.306 e. The van der Waals surface area contributed by atoms with E-state index in [1.54, 1.807) is 0 Å². The Morgan fingerprint density at radius 1 is 0.492 bits per heavy atom. The molecule has 1 amide bonds. The molecule has 0 aromatic heterocycles. The van der Waals surface area contributed by atoms with Crippen molar-refractivity contribution in [3.05, 3.63) is 72.9 Å². The van der Waals surface area contributed by atoms with E-state index in [-0.39, 0.29) is 24.9 Å². The van der Waals surface area contributed by atoms with Crippen molar-refractivity contribution >= 4 is 11.9 Å². The number of carbonyl (C=O) groups excluding carboxylic acids is 2. The Kier molecular flexibility index (Phi) is 46.2. The van der Waals surface area contributed by atoms with Gasteiger partial charge in [0.1, 0.15) is 6.10 Å².